The first kappa shape index (κ1) is 17.2. The second-order valence-electron chi connectivity index (χ2n) is 5.76. The summed E-state index contributed by atoms with van der Waals surface area (Å²) < 4.78 is 0. The minimum atomic E-state index is -0.499. The lowest BCUT2D eigenvalue weighted by Crippen LogP contribution is -2.11. The highest BCUT2D eigenvalue weighted by Gasteiger charge is 2.02. The molecular formula is C22H18N2O2. The minimum absolute atomic E-state index is 0.248. The Morgan fingerprint density at radius 3 is 2.19 bits per heavy atom. The first-order valence-corrected chi connectivity index (χ1v) is 8.16. The standard InChI is InChI=1S/C22H18N2O2/c23-22(26)18-10-12-20(13-11-18)24-21(25)14-9-16-5-4-8-19(15-16)17-6-2-1-3-7-17/h1-15H,(H2,23,26)(H,24,25)/b14-9+. The molecule has 0 aliphatic heterocycles. The zero-order valence-corrected chi connectivity index (χ0v) is 14.1. The van der Waals surface area contributed by atoms with Crippen molar-refractivity contribution >= 4 is 23.6 Å². The largest absolute Gasteiger partial charge is 0.366 e. The number of benzene rings is 3. The molecular weight excluding hydrogens is 324 g/mol. The Bertz CT molecular complexity index is 945. The van der Waals surface area contributed by atoms with E-state index in [0.717, 1.165) is 16.7 Å². The minimum Gasteiger partial charge on any atom is -0.366 e. The molecule has 0 spiro atoms. The van der Waals surface area contributed by atoms with Gasteiger partial charge in [0.2, 0.25) is 11.8 Å². The SMILES string of the molecule is NC(=O)c1ccc(NC(=O)/C=C/c2cccc(-c3ccccc3)c2)cc1. The van der Waals surface area contributed by atoms with Gasteiger partial charge in [-0.1, -0.05) is 48.5 Å². The van der Waals surface area contributed by atoms with Crippen molar-refractivity contribution in [2.75, 3.05) is 5.32 Å². The van der Waals surface area contributed by atoms with Crippen LogP contribution in [0.3, 0.4) is 0 Å². The molecule has 0 bridgehead atoms. The normalized spacial score (nSPS) is 10.6. The van der Waals surface area contributed by atoms with Gasteiger partial charge in [-0.15, -0.1) is 0 Å². The van der Waals surface area contributed by atoms with E-state index in [1.165, 1.54) is 6.08 Å². The Morgan fingerprint density at radius 1 is 0.808 bits per heavy atom. The van der Waals surface area contributed by atoms with Crippen LogP contribution in [0.25, 0.3) is 17.2 Å². The van der Waals surface area contributed by atoms with Gasteiger partial charge in [0.1, 0.15) is 0 Å². The van der Waals surface area contributed by atoms with Crippen molar-refractivity contribution in [1.29, 1.82) is 0 Å². The molecule has 3 aromatic rings. The summed E-state index contributed by atoms with van der Waals surface area (Å²) in [5.41, 5.74) is 9.35. The molecule has 3 N–H and O–H groups in total. The van der Waals surface area contributed by atoms with E-state index in [9.17, 15) is 9.59 Å². The van der Waals surface area contributed by atoms with Gasteiger partial charge in [-0.05, 0) is 53.1 Å². The molecule has 4 heteroatoms. The molecule has 128 valence electrons. The van der Waals surface area contributed by atoms with Crippen LogP contribution in [0.4, 0.5) is 5.69 Å². The van der Waals surface area contributed by atoms with Crippen LogP contribution in [0.15, 0.2) is 84.9 Å². The van der Waals surface area contributed by atoms with Gasteiger partial charge in [0.15, 0.2) is 0 Å². The zero-order chi connectivity index (χ0) is 18.4. The Kier molecular flexibility index (Phi) is 5.25. The molecule has 2 amide bonds. The summed E-state index contributed by atoms with van der Waals surface area (Å²) in [7, 11) is 0. The van der Waals surface area contributed by atoms with Crippen molar-refractivity contribution in [3.63, 3.8) is 0 Å². The molecule has 0 radical (unpaired) electrons. The molecule has 0 atom stereocenters. The highest BCUT2D eigenvalue weighted by molar-refractivity contribution is 6.02. The number of carbonyl (C=O) groups is 2. The molecule has 4 nitrogen and oxygen atoms in total. The van der Waals surface area contributed by atoms with Crippen molar-refractivity contribution in [2.45, 2.75) is 0 Å². The number of rotatable bonds is 5. The van der Waals surface area contributed by atoms with Crippen LogP contribution in [0.5, 0.6) is 0 Å². The lowest BCUT2D eigenvalue weighted by Gasteiger charge is -2.04. The maximum Gasteiger partial charge on any atom is 0.248 e. The number of hydrogen-bond acceptors (Lipinski definition) is 2. The summed E-state index contributed by atoms with van der Waals surface area (Å²) in [6, 6.07) is 24.5. The smallest absolute Gasteiger partial charge is 0.248 e. The third-order valence-corrected chi connectivity index (χ3v) is 3.86. The Labute approximate surface area is 152 Å². The molecule has 0 aromatic heterocycles. The van der Waals surface area contributed by atoms with Crippen molar-refractivity contribution < 1.29 is 9.59 Å². The van der Waals surface area contributed by atoms with E-state index >= 15 is 0 Å². The van der Waals surface area contributed by atoms with Gasteiger partial charge in [0, 0.05) is 17.3 Å². The van der Waals surface area contributed by atoms with Gasteiger partial charge < -0.3 is 11.1 Å². The number of hydrogen-bond donors (Lipinski definition) is 2. The number of carbonyl (C=O) groups excluding carboxylic acids is 2. The number of anilines is 1. The van der Waals surface area contributed by atoms with Crippen molar-refractivity contribution in [3.8, 4) is 11.1 Å². The van der Waals surface area contributed by atoms with Crippen LogP contribution in [0.2, 0.25) is 0 Å². The average Bonchev–Trinajstić information content (AvgIpc) is 2.68. The summed E-state index contributed by atoms with van der Waals surface area (Å²) >= 11 is 0. The molecule has 3 rings (SSSR count). The quantitative estimate of drug-likeness (QED) is 0.685. The number of primary amides is 1. The predicted octanol–water partition coefficient (Wildman–Crippen LogP) is 4.10. The van der Waals surface area contributed by atoms with Gasteiger partial charge in [-0.2, -0.15) is 0 Å². The van der Waals surface area contributed by atoms with Crippen molar-refractivity contribution in [2.24, 2.45) is 5.73 Å². The fourth-order valence-electron chi connectivity index (χ4n) is 2.53. The van der Waals surface area contributed by atoms with E-state index in [0.29, 0.717) is 11.3 Å². The van der Waals surface area contributed by atoms with Crippen LogP contribution in [0, 0.1) is 0 Å². The van der Waals surface area contributed by atoms with Gasteiger partial charge in [-0.3, -0.25) is 9.59 Å². The molecule has 0 aliphatic rings. The molecule has 0 unspecified atom stereocenters. The third-order valence-electron chi connectivity index (χ3n) is 3.86. The van der Waals surface area contributed by atoms with Crippen LogP contribution in [-0.2, 0) is 4.79 Å². The Morgan fingerprint density at radius 2 is 1.50 bits per heavy atom. The summed E-state index contributed by atoms with van der Waals surface area (Å²) in [5, 5.41) is 2.75. The summed E-state index contributed by atoms with van der Waals surface area (Å²) in [6.45, 7) is 0. The summed E-state index contributed by atoms with van der Waals surface area (Å²) in [4.78, 5) is 23.1. The maximum atomic E-state index is 12.1. The van der Waals surface area contributed by atoms with E-state index in [1.54, 1.807) is 30.3 Å². The molecule has 0 saturated carbocycles. The Balaban J connectivity index is 1.67. The first-order valence-electron chi connectivity index (χ1n) is 8.16. The predicted molar refractivity (Wildman–Crippen MR) is 105 cm³/mol. The van der Waals surface area contributed by atoms with Gasteiger partial charge >= 0.3 is 0 Å². The zero-order valence-electron chi connectivity index (χ0n) is 14.1. The number of nitrogens with two attached hydrogens (primary N) is 1. The van der Waals surface area contributed by atoms with E-state index < -0.39 is 5.91 Å². The summed E-state index contributed by atoms with van der Waals surface area (Å²) in [5.74, 6) is -0.747. The highest BCUT2D eigenvalue weighted by Crippen LogP contribution is 2.20. The van der Waals surface area contributed by atoms with Crippen LogP contribution < -0.4 is 11.1 Å². The van der Waals surface area contributed by atoms with Crippen LogP contribution >= 0.6 is 0 Å². The second kappa shape index (κ2) is 7.94. The molecule has 0 saturated heterocycles. The number of nitrogens with one attached hydrogen (secondary N) is 1. The lowest BCUT2D eigenvalue weighted by molar-refractivity contribution is -0.111. The van der Waals surface area contributed by atoms with Gasteiger partial charge in [0.25, 0.3) is 0 Å². The monoisotopic (exact) mass is 342 g/mol. The maximum absolute atomic E-state index is 12.1. The van der Waals surface area contributed by atoms with E-state index in [1.807, 2.05) is 54.6 Å². The molecule has 0 heterocycles. The molecule has 0 aliphatic carbocycles. The number of amides is 2. The topological polar surface area (TPSA) is 72.2 Å². The van der Waals surface area contributed by atoms with E-state index in [2.05, 4.69) is 5.32 Å². The first-order chi connectivity index (χ1) is 12.6. The highest BCUT2D eigenvalue weighted by atomic mass is 16.1. The van der Waals surface area contributed by atoms with Crippen molar-refractivity contribution in [1.82, 2.24) is 0 Å². The lowest BCUT2D eigenvalue weighted by atomic mass is 10.0. The van der Waals surface area contributed by atoms with Crippen molar-refractivity contribution in [3.05, 3.63) is 96.1 Å². The third kappa shape index (κ3) is 4.45. The van der Waals surface area contributed by atoms with E-state index in [4.69, 9.17) is 5.73 Å². The molecule has 26 heavy (non-hydrogen) atoms. The molecule has 3 aromatic carbocycles. The molecule has 0 fully saturated rings. The second-order valence-corrected chi connectivity index (χ2v) is 5.76. The fourth-order valence-corrected chi connectivity index (χ4v) is 2.53. The average molecular weight is 342 g/mol. The van der Waals surface area contributed by atoms with E-state index in [-0.39, 0.29) is 5.91 Å². The van der Waals surface area contributed by atoms with Crippen LogP contribution in [-0.4, -0.2) is 11.8 Å². The van der Waals surface area contributed by atoms with Gasteiger partial charge in [-0.25, -0.2) is 0 Å². The fraction of sp³-hybridized carbons (Fsp3) is 0. The Hall–Kier alpha value is -3.66. The summed E-state index contributed by atoms with van der Waals surface area (Å²) in [6.07, 6.45) is 3.24. The van der Waals surface area contributed by atoms with Crippen LogP contribution in [0.1, 0.15) is 15.9 Å². The van der Waals surface area contributed by atoms with Gasteiger partial charge in [0.05, 0.1) is 0 Å².